The van der Waals surface area contributed by atoms with Crippen molar-refractivity contribution in [2.75, 3.05) is 0 Å². The zero-order chi connectivity index (χ0) is 11.0. The van der Waals surface area contributed by atoms with Crippen LogP contribution in [-0.4, -0.2) is 21.2 Å². The fourth-order valence-corrected chi connectivity index (χ4v) is 1.90. The van der Waals surface area contributed by atoms with E-state index in [0.29, 0.717) is 0 Å². The van der Waals surface area contributed by atoms with Gasteiger partial charge in [0.25, 0.3) is 0 Å². The SMILES string of the molecule is CC1(C)CCC(C)(C)N1OO[N+](=O)[O-]. The van der Waals surface area contributed by atoms with Crippen LogP contribution in [0.25, 0.3) is 0 Å². The van der Waals surface area contributed by atoms with Crippen molar-refractivity contribution in [1.82, 2.24) is 5.06 Å². The van der Waals surface area contributed by atoms with Crippen LogP contribution in [0.15, 0.2) is 0 Å². The Balaban J connectivity index is 2.66. The quantitative estimate of drug-likeness (QED) is 0.397. The number of nitrogens with zero attached hydrogens (tertiary/aromatic N) is 2. The summed E-state index contributed by atoms with van der Waals surface area (Å²) in [6, 6.07) is 0. The molecular weight excluding hydrogens is 188 g/mol. The van der Waals surface area contributed by atoms with E-state index in [2.05, 4.69) is 4.99 Å². The maximum Gasteiger partial charge on any atom is 0.323 e. The van der Waals surface area contributed by atoms with Gasteiger partial charge in [-0.15, -0.1) is 25.2 Å². The van der Waals surface area contributed by atoms with Crippen LogP contribution in [0.2, 0.25) is 0 Å². The van der Waals surface area contributed by atoms with Gasteiger partial charge in [0.05, 0.1) is 0 Å². The number of hydrogen-bond acceptors (Lipinski definition) is 5. The highest BCUT2D eigenvalue weighted by molar-refractivity contribution is 4.95. The molecule has 0 unspecified atom stereocenters. The Hall–Kier alpha value is -0.880. The van der Waals surface area contributed by atoms with Crippen molar-refractivity contribution < 1.29 is 15.1 Å². The van der Waals surface area contributed by atoms with Crippen LogP contribution in [0.1, 0.15) is 40.5 Å². The summed E-state index contributed by atoms with van der Waals surface area (Å²) in [5.74, 6) is 0. The van der Waals surface area contributed by atoms with Gasteiger partial charge >= 0.3 is 5.09 Å². The summed E-state index contributed by atoms with van der Waals surface area (Å²) >= 11 is 0. The lowest BCUT2D eigenvalue weighted by atomic mass is 10.0. The third kappa shape index (κ3) is 2.13. The van der Waals surface area contributed by atoms with E-state index < -0.39 is 5.09 Å². The molecule has 6 heteroatoms. The molecule has 0 aromatic heterocycles. The first-order valence-electron chi connectivity index (χ1n) is 4.55. The van der Waals surface area contributed by atoms with Gasteiger partial charge < -0.3 is 0 Å². The lowest BCUT2D eigenvalue weighted by molar-refractivity contribution is -0.876. The Morgan fingerprint density at radius 2 is 1.64 bits per heavy atom. The molecule has 0 bridgehead atoms. The Morgan fingerprint density at radius 1 is 1.21 bits per heavy atom. The Morgan fingerprint density at radius 3 is 2.00 bits per heavy atom. The molecule has 14 heavy (non-hydrogen) atoms. The fraction of sp³-hybridized carbons (Fsp3) is 1.00. The molecule has 1 fully saturated rings. The molecular formula is C8H16N2O4. The Kier molecular flexibility index (Phi) is 2.69. The minimum atomic E-state index is -0.954. The van der Waals surface area contributed by atoms with Crippen molar-refractivity contribution in [2.24, 2.45) is 0 Å². The van der Waals surface area contributed by atoms with Crippen LogP contribution in [-0.2, 0) is 9.98 Å². The average molecular weight is 204 g/mol. The van der Waals surface area contributed by atoms with E-state index >= 15 is 0 Å². The zero-order valence-electron chi connectivity index (χ0n) is 8.94. The van der Waals surface area contributed by atoms with E-state index in [1.54, 1.807) is 5.06 Å². The summed E-state index contributed by atoms with van der Waals surface area (Å²) in [5.41, 5.74) is -0.473. The first kappa shape index (κ1) is 11.2. The summed E-state index contributed by atoms with van der Waals surface area (Å²) in [5, 5.41) is 10.6. The maximum absolute atomic E-state index is 10.0. The van der Waals surface area contributed by atoms with Gasteiger partial charge in [0.2, 0.25) is 0 Å². The second-order valence-electron chi connectivity index (χ2n) is 4.79. The first-order valence-corrected chi connectivity index (χ1v) is 4.55. The lowest BCUT2D eigenvalue weighted by Crippen LogP contribution is -2.48. The first-order chi connectivity index (χ1) is 6.26. The molecule has 0 aliphatic carbocycles. The van der Waals surface area contributed by atoms with E-state index in [1.807, 2.05) is 27.7 Å². The summed E-state index contributed by atoms with van der Waals surface area (Å²) in [7, 11) is 0. The van der Waals surface area contributed by atoms with Crippen molar-refractivity contribution in [2.45, 2.75) is 51.6 Å². The molecule has 0 N–H and O–H groups in total. The third-order valence-corrected chi connectivity index (χ3v) is 2.62. The van der Waals surface area contributed by atoms with Crippen molar-refractivity contribution in [1.29, 1.82) is 0 Å². The van der Waals surface area contributed by atoms with E-state index in [-0.39, 0.29) is 11.1 Å². The van der Waals surface area contributed by atoms with Crippen LogP contribution in [0, 0.1) is 10.1 Å². The van der Waals surface area contributed by atoms with Crippen LogP contribution in [0.3, 0.4) is 0 Å². The molecule has 0 amide bonds. The van der Waals surface area contributed by atoms with Gasteiger partial charge in [-0.25, -0.2) is 0 Å². The van der Waals surface area contributed by atoms with Gasteiger partial charge in [0.15, 0.2) is 0 Å². The standard InChI is InChI=1S/C8H16N2O4/c1-7(2)5-6-8(3,4)9(7)13-14-10(11)12/h5-6H2,1-4H3. The van der Waals surface area contributed by atoms with Gasteiger partial charge in [-0.05, 0) is 40.5 Å². The van der Waals surface area contributed by atoms with Gasteiger partial charge in [-0.2, -0.15) is 0 Å². The highest BCUT2D eigenvalue weighted by Crippen LogP contribution is 2.40. The van der Waals surface area contributed by atoms with Gasteiger partial charge in [-0.3, -0.25) is 0 Å². The van der Waals surface area contributed by atoms with Crippen molar-refractivity contribution in [3.63, 3.8) is 0 Å². The monoisotopic (exact) mass is 204 g/mol. The van der Waals surface area contributed by atoms with Gasteiger partial charge in [0, 0.05) is 11.1 Å². The highest BCUT2D eigenvalue weighted by atomic mass is 17.4. The largest absolute Gasteiger partial charge is 0.323 e. The lowest BCUT2D eigenvalue weighted by Gasteiger charge is -2.36. The van der Waals surface area contributed by atoms with E-state index in [1.165, 1.54) is 0 Å². The number of hydroxylamine groups is 2. The van der Waals surface area contributed by atoms with E-state index in [9.17, 15) is 10.1 Å². The molecule has 1 aliphatic heterocycles. The Labute approximate surface area is 82.8 Å². The van der Waals surface area contributed by atoms with Crippen LogP contribution >= 0.6 is 0 Å². The normalized spacial score (nSPS) is 24.9. The summed E-state index contributed by atoms with van der Waals surface area (Å²) in [4.78, 5) is 18.7. The van der Waals surface area contributed by atoms with Gasteiger partial charge in [0.1, 0.15) is 0 Å². The summed E-state index contributed by atoms with van der Waals surface area (Å²) in [6.45, 7) is 7.85. The molecule has 1 heterocycles. The van der Waals surface area contributed by atoms with Crippen LogP contribution < -0.4 is 0 Å². The maximum atomic E-state index is 10.0. The summed E-state index contributed by atoms with van der Waals surface area (Å²) in [6.07, 6.45) is 1.84. The molecule has 1 aliphatic rings. The van der Waals surface area contributed by atoms with E-state index in [0.717, 1.165) is 12.8 Å². The molecule has 0 spiro atoms. The van der Waals surface area contributed by atoms with E-state index in [4.69, 9.17) is 4.99 Å². The number of rotatable bonds is 3. The van der Waals surface area contributed by atoms with Gasteiger partial charge in [-0.1, -0.05) is 0 Å². The Bertz CT molecular complexity index is 223. The van der Waals surface area contributed by atoms with Crippen LogP contribution in [0.4, 0.5) is 0 Å². The second-order valence-corrected chi connectivity index (χ2v) is 4.79. The highest BCUT2D eigenvalue weighted by Gasteiger charge is 2.47. The molecule has 0 aromatic carbocycles. The molecule has 1 rings (SSSR count). The van der Waals surface area contributed by atoms with Crippen molar-refractivity contribution in [3.05, 3.63) is 10.1 Å². The molecule has 6 nitrogen and oxygen atoms in total. The second kappa shape index (κ2) is 3.36. The third-order valence-electron chi connectivity index (χ3n) is 2.62. The minimum Gasteiger partial charge on any atom is -0.146 e. The predicted octanol–water partition coefficient (Wildman–Crippen LogP) is 1.69. The smallest absolute Gasteiger partial charge is 0.146 e. The van der Waals surface area contributed by atoms with Crippen molar-refractivity contribution >= 4 is 0 Å². The average Bonchev–Trinajstić information content (AvgIpc) is 2.19. The fourth-order valence-electron chi connectivity index (χ4n) is 1.90. The summed E-state index contributed by atoms with van der Waals surface area (Å²) < 4.78 is 0. The minimum absolute atomic E-state index is 0.237. The molecule has 0 radical (unpaired) electrons. The molecule has 0 saturated carbocycles. The van der Waals surface area contributed by atoms with Crippen LogP contribution in [0.5, 0.6) is 0 Å². The zero-order valence-corrected chi connectivity index (χ0v) is 8.94. The molecule has 0 aromatic rings. The molecule has 82 valence electrons. The van der Waals surface area contributed by atoms with Crippen molar-refractivity contribution in [3.8, 4) is 0 Å². The predicted molar refractivity (Wildman–Crippen MR) is 48.4 cm³/mol. The number of hydrogen-bond donors (Lipinski definition) is 0. The molecule has 0 atom stereocenters. The molecule has 1 saturated heterocycles. The topological polar surface area (TPSA) is 64.8 Å².